The Morgan fingerprint density at radius 1 is 1.50 bits per heavy atom. The summed E-state index contributed by atoms with van der Waals surface area (Å²) in [5.41, 5.74) is -0.146. The Hall–Kier alpha value is -0.610. The standard InChI is InChI=1S/C14H28N2O2/c1-4-14(7-8-15-11-14)12(18)16-10-13(2,3)6-5-9-17/h15,17H,4-11H2,1-3H3,(H,16,18). The van der Waals surface area contributed by atoms with E-state index in [0.717, 1.165) is 38.8 Å². The fourth-order valence-corrected chi connectivity index (χ4v) is 2.55. The van der Waals surface area contributed by atoms with Gasteiger partial charge in [0.05, 0.1) is 5.41 Å². The van der Waals surface area contributed by atoms with Crippen LogP contribution in [0.4, 0.5) is 0 Å². The second-order valence-corrected chi connectivity index (χ2v) is 6.23. The van der Waals surface area contributed by atoms with Crippen molar-refractivity contribution in [2.45, 2.75) is 46.5 Å². The summed E-state index contributed by atoms with van der Waals surface area (Å²) in [7, 11) is 0. The van der Waals surface area contributed by atoms with Crippen LogP contribution in [-0.2, 0) is 4.79 Å². The van der Waals surface area contributed by atoms with Crippen LogP contribution in [0.3, 0.4) is 0 Å². The maximum atomic E-state index is 12.3. The molecular formula is C14H28N2O2. The zero-order valence-corrected chi connectivity index (χ0v) is 12.0. The van der Waals surface area contributed by atoms with E-state index in [-0.39, 0.29) is 23.3 Å². The van der Waals surface area contributed by atoms with Gasteiger partial charge in [0.15, 0.2) is 0 Å². The predicted molar refractivity (Wildman–Crippen MR) is 73.3 cm³/mol. The molecular weight excluding hydrogens is 228 g/mol. The molecule has 0 bridgehead atoms. The first-order valence-electron chi connectivity index (χ1n) is 7.06. The van der Waals surface area contributed by atoms with Crippen molar-refractivity contribution in [2.75, 3.05) is 26.2 Å². The summed E-state index contributed by atoms with van der Waals surface area (Å²) in [6, 6.07) is 0. The molecule has 18 heavy (non-hydrogen) atoms. The zero-order valence-electron chi connectivity index (χ0n) is 12.0. The van der Waals surface area contributed by atoms with Crippen LogP contribution < -0.4 is 10.6 Å². The van der Waals surface area contributed by atoms with E-state index < -0.39 is 0 Å². The van der Waals surface area contributed by atoms with Crippen molar-refractivity contribution in [3.8, 4) is 0 Å². The largest absolute Gasteiger partial charge is 0.396 e. The highest BCUT2D eigenvalue weighted by Crippen LogP contribution is 2.30. The highest BCUT2D eigenvalue weighted by Gasteiger charge is 2.39. The summed E-state index contributed by atoms with van der Waals surface area (Å²) in [5, 5.41) is 15.3. The average molecular weight is 256 g/mol. The summed E-state index contributed by atoms with van der Waals surface area (Å²) in [4.78, 5) is 12.3. The molecule has 4 heteroatoms. The number of aliphatic hydroxyl groups excluding tert-OH is 1. The molecule has 0 aromatic carbocycles. The van der Waals surface area contributed by atoms with Gasteiger partial charge in [-0.1, -0.05) is 20.8 Å². The van der Waals surface area contributed by atoms with Crippen molar-refractivity contribution < 1.29 is 9.90 Å². The maximum absolute atomic E-state index is 12.3. The number of nitrogens with one attached hydrogen (secondary N) is 2. The predicted octanol–water partition coefficient (Wildman–Crippen LogP) is 1.29. The summed E-state index contributed by atoms with van der Waals surface area (Å²) >= 11 is 0. The van der Waals surface area contributed by atoms with Gasteiger partial charge in [-0.25, -0.2) is 0 Å². The van der Waals surface area contributed by atoms with E-state index in [2.05, 4.69) is 31.4 Å². The zero-order chi connectivity index (χ0) is 13.6. The lowest BCUT2D eigenvalue weighted by Crippen LogP contribution is -2.45. The third-order valence-electron chi connectivity index (χ3n) is 4.14. The molecule has 3 N–H and O–H groups in total. The van der Waals surface area contributed by atoms with Gasteiger partial charge in [-0.2, -0.15) is 0 Å². The van der Waals surface area contributed by atoms with Crippen molar-refractivity contribution in [3.05, 3.63) is 0 Å². The fraction of sp³-hybridized carbons (Fsp3) is 0.929. The molecule has 1 saturated heterocycles. The third kappa shape index (κ3) is 3.95. The molecule has 0 aliphatic carbocycles. The molecule has 4 nitrogen and oxygen atoms in total. The van der Waals surface area contributed by atoms with Crippen LogP contribution >= 0.6 is 0 Å². The molecule has 0 spiro atoms. The smallest absolute Gasteiger partial charge is 0.227 e. The van der Waals surface area contributed by atoms with Gasteiger partial charge >= 0.3 is 0 Å². The number of carbonyl (C=O) groups is 1. The lowest BCUT2D eigenvalue weighted by atomic mass is 9.82. The third-order valence-corrected chi connectivity index (χ3v) is 4.14. The van der Waals surface area contributed by atoms with Crippen LogP contribution in [0.25, 0.3) is 0 Å². The fourth-order valence-electron chi connectivity index (χ4n) is 2.55. The number of aliphatic hydroxyl groups is 1. The minimum absolute atomic E-state index is 0.0549. The molecule has 1 unspecified atom stereocenters. The molecule has 0 saturated carbocycles. The molecule has 1 aliphatic heterocycles. The van der Waals surface area contributed by atoms with Crippen molar-refractivity contribution in [2.24, 2.45) is 10.8 Å². The topological polar surface area (TPSA) is 61.4 Å². The Bertz CT molecular complexity index is 271. The first-order valence-corrected chi connectivity index (χ1v) is 7.06. The number of carbonyl (C=O) groups excluding carboxylic acids is 1. The normalized spacial score (nSPS) is 24.2. The van der Waals surface area contributed by atoms with E-state index in [4.69, 9.17) is 5.11 Å². The molecule has 0 aromatic rings. The van der Waals surface area contributed by atoms with E-state index in [1.807, 2.05) is 0 Å². The number of hydrogen-bond acceptors (Lipinski definition) is 3. The molecule has 1 aliphatic rings. The average Bonchev–Trinajstić information content (AvgIpc) is 2.83. The minimum Gasteiger partial charge on any atom is -0.396 e. The van der Waals surface area contributed by atoms with Crippen LogP contribution in [0, 0.1) is 10.8 Å². The molecule has 1 amide bonds. The van der Waals surface area contributed by atoms with Crippen LogP contribution in [0.5, 0.6) is 0 Å². The first kappa shape index (κ1) is 15.4. The first-order chi connectivity index (χ1) is 8.46. The van der Waals surface area contributed by atoms with E-state index in [9.17, 15) is 4.79 Å². The monoisotopic (exact) mass is 256 g/mol. The van der Waals surface area contributed by atoms with Crippen LogP contribution in [0.1, 0.15) is 46.5 Å². The highest BCUT2D eigenvalue weighted by molar-refractivity contribution is 5.83. The van der Waals surface area contributed by atoms with Crippen LogP contribution in [0.15, 0.2) is 0 Å². The molecule has 1 heterocycles. The number of rotatable bonds is 7. The van der Waals surface area contributed by atoms with Gasteiger partial charge in [-0.15, -0.1) is 0 Å². The summed E-state index contributed by atoms with van der Waals surface area (Å²) in [6.45, 7) is 9.00. The van der Waals surface area contributed by atoms with Gasteiger partial charge in [0, 0.05) is 19.7 Å². The van der Waals surface area contributed by atoms with Gasteiger partial charge in [-0.3, -0.25) is 4.79 Å². The molecule has 1 fully saturated rings. The lowest BCUT2D eigenvalue weighted by Gasteiger charge is -2.30. The SMILES string of the molecule is CCC1(C(=O)NCC(C)(C)CCCO)CCNC1. The molecule has 106 valence electrons. The Balaban J connectivity index is 2.44. The Labute approximate surface area is 111 Å². The number of amides is 1. The van der Waals surface area contributed by atoms with E-state index in [1.165, 1.54) is 0 Å². The molecule has 1 atom stereocenters. The van der Waals surface area contributed by atoms with Crippen LogP contribution in [-0.4, -0.2) is 37.3 Å². The van der Waals surface area contributed by atoms with Crippen LogP contribution in [0.2, 0.25) is 0 Å². The van der Waals surface area contributed by atoms with Gasteiger partial charge in [0.1, 0.15) is 0 Å². The minimum atomic E-state index is -0.201. The Kier molecular flexibility index (Phi) is 5.60. The van der Waals surface area contributed by atoms with Crippen molar-refractivity contribution in [3.63, 3.8) is 0 Å². The Morgan fingerprint density at radius 3 is 2.72 bits per heavy atom. The van der Waals surface area contributed by atoms with E-state index in [0.29, 0.717) is 6.54 Å². The summed E-state index contributed by atoms with van der Waals surface area (Å²) in [6.07, 6.45) is 3.56. The number of hydrogen-bond donors (Lipinski definition) is 3. The molecule has 1 rings (SSSR count). The molecule has 0 aromatic heterocycles. The summed E-state index contributed by atoms with van der Waals surface area (Å²) < 4.78 is 0. The highest BCUT2D eigenvalue weighted by atomic mass is 16.2. The second-order valence-electron chi connectivity index (χ2n) is 6.23. The van der Waals surface area contributed by atoms with Crippen molar-refractivity contribution in [1.82, 2.24) is 10.6 Å². The van der Waals surface area contributed by atoms with E-state index >= 15 is 0 Å². The van der Waals surface area contributed by atoms with Gasteiger partial charge in [0.25, 0.3) is 0 Å². The van der Waals surface area contributed by atoms with Crippen molar-refractivity contribution >= 4 is 5.91 Å². The Morgan fingerprint density at radius 2 is 2.22 bits per heavy atom. The lowest BCUT2D eigenvalue weighted by molar-refractivity contribution is -0.130. The van der Waals surface area contributed by atoms with E-state index in [1.54, 1.807) is 0 Å². The second kappa shape index (κ2) is 6.53. The van der Waals surface area contributed by atoms with Gasteiger partial charge in [0.2, 0.25) is 5.91 Å². The summed E-state index contributed by atoms with van der Waals surface area (Å²) in [5.74, 6) is 0.187. The van der Waals surface area contributed by atoms with Crippen molar-refractivity contribution in [1.29, 1.82) is 0 Å². The quantitative estimate of drug-likeness (QED) is 0.643. The maximum Gasteiger partial charge on any atom is 0.227 e. The van der Waals surface area contributed by atoms with Gasteiger partial charge < -0.3 is 15.7 Å². The molecule has 0 radical (unpaired) electrons. The van der Waals surface area contributed by atoms with Gasteiger partial charge in [-0.05, 0) is 37.6 Å².